The number of nitrogens with two attached hydrogens (primary N) is 1. The average molecular weight is 217 g/mol. The Balaban J connectivity index is 2.67. The van der Waals surface area contributed by atoms with Crippen molar-refractivity contribution < 1.29 is 0 Å². The highest BCUT2D eigenvalue weighted by Gasteiger charge is 2.32. The molecule has 0 aliphatic heterocycles. The molecule has 14 heavy (non-hydrogen) atoms. The molecule has 1 aliphatic carbocycles. The zero-order valence-electron chi connectivity index (χ0n) is 9.17. The van der Waals surface area contributed by atoms with Gasteiger partial charge in [-0.2, -0.15) is 0 Å². The molecule has 0 aromatic rings. The summed E-state index contributed by atoms with van der Waals surface area (Å²) in [6.07, 6.45) is 3.52. The molecule has 0 heterocycles. The van der Waals surface area contributed by atoms with Crippen LogP contribution in [0, 0.1) is 11.8 Å². The maximum absolute atomic E-state index is 6.04. The Hall–Kier alpha value is -0.0500. The SMILES string of the molecule is C=C(Cl)[C@@H]1CC(C)CCC1N(N)CC. The summed E-state index contributed by atoms with van der Waals surface area (Å²) in [5.41, 5.74) is 0. The Morgan fingerprint density at radius 2 is 2.21 bits per heavy atom. The van der Waals surface area contributed by atoms with Crippen LogP contribution in [-0.4, -0.2) is 17.6 Å². The van der Waals surface area contributed by atoms with Gasteiger partial charge in [0.15, 0.2) is 0 Å². The van der Waals surface area contributed by atoms with Crippen LogP contribution in [0.4, 0.5) is 0 Å². The second-order valence-corrected chi connectivity index (χ2v) is 4.85. The third-order valence-electron chi connectivity index (χ3n) is 3.27. The van der Waals surface area contributed by atoms with E-state index in [1.807, 2.05) is 5.01 Å². The average Bonchev–Trinajstić information content (AvgIpc) is 2.16. The van der Waals surface area contributed by atoms with Crippen LogP contribution in [-0.2, 0) is 0 Å². The van der Waals surface area contributed by atoms with Gasteiger partial charge in [-0.05, 0) is 25.2 Å². The molecule has 82 valence electrons. The fourth-order valence-corrected chi connectivity index (χ4v) is 2.57. The normalized spacial score (nSPS) is 33.4. The van der Waals surface area contributed by atoms with E-state index < -0.39 is 0 Å². The number of halogens is 1. The number of nitrogens with zero attached hydrogens (tertiary/aromatic N) is 1. The van der Waals surface area contributed by atoms with Gasteiger partial charge in [0.05, 0.1) is 0 Å². The summed E-state index contributed by atoms with van der Waals surface area (Å²) in [6.45, 7) is 9.09. The maximum atomic E-state index is 6.04. The lowest BCUT2D eigenvalue weighted by Gasteiger charge is -2.39. The molecule has 0 radical (unpaired) electrons. The first-order valence-corrected chi connectivity index (χ1v) is 5.79. The number of hydrogen-bond acceptors (Lipinski definition) is 2. The quantitative estimate of drug-likeness (QED) is 0.581. The smallest absolute Gasteiger partial charge is 0.0318 e. The van der Waals surface area contributed by atoms with E-state index in [1.54, 1.807) is 0 Å². The number of rotatable bonds is 3. The van der Waals surface area contributed by atoms with Crippen LogP contribution < -0.4 is 5.84 Å². The van der Waals surface area contributed by atoms with Crippen molar-refractivity contribution in [3.63, 3.8) is 0 Å². The summed E-state index contributed by atoms with van der Waals surface area (Å²) >= 11 is 6.04. The fraction of sp³-hybridized carbons (Fsp3) is 0.818. The first-order chi connectivity index (χ1) is 6.56. The molecular formula is C11H21ClN2. The standard InChI is InChI=1S/C11H21ClN2/c1-4-14(13)11-6-5-8(2)7-10(11)9(3)12/h8,10-11H,3-7,13H2,1-2H3/t8?,10-,11?/m0/s1. The molecule has 2 N–H and O–H groups in total. The van der Waals surface area contributed by atoms with Crippen LogP contribution in [0.5, 0.6) is 0 Å². The summed E-state index contributed by atoms with van der Waals surface area (Å²) in [6, 6.07) is 0.390. The molecular weight excluding hydrogens is 196 g/mol. The highest BCUT2D eigenvalue weighted by atomic mass is 35.5. The Labute approximate surface area is 92.1 Å². The van der Waals surface area contributed by atoms with E-state index >= 15 is 0 Å². The van der Waals surface area contributed by atoms with E-state index in [-0.39, 0.29) is 0 Å². The summed E-state index contributed by atoms with van der Waals surface area (Å²) in [4.78, 5) is 0. The van der Waals surface area contributed by atoms with Gasteiger partial charge in [0.25, 0.3) is 0 Å². The lowest BCUT2D eigenvalue weighted by Crippen LogP contribution is -2.47. The molecule has 1 fully saturated rings. The van der Waals surface area contributed by atoms with Crippen molar-refractivity contribution in [1.29, 1.82) is 0 Å². The first-order valence-electron chi connectivity index (χ1n) is 5.41. The highest BCUT2D eigenvalue weighted by molar-refractivity contribution is 6.29. The van der Waals surface area contributed by atoms with E-state index in [2.05, 4.69) is 20.4 Å². The van der Waals surface area contributed by atoms with Crippen molar-refractivity contribution in [3.8, 4) is 0 Å². The van der Waals surface area contributed by atoms with Gasteiger partial charge in [-0.25, -0.2) is 5.01 Å². The molecule has 2 nitrogen and oxygen atoms in total. The lowest BCUT2D eigenvalue weighted by atomic mass is 9.78. The minimum Gasteiger partial charge on any atom is -0.269 e. The topological polar surface area (TPSA) is 29.3 Å². The Kier molecular flexibility index (Phi) is 4.42. The minimum atomic E-state index is 0.366. The molecule has 1 rings (SSSR count). The van der Waals surface area contributed by atoms with Gasteiger partial charge in [-0.15, -0.1) is 0 Å². The van der Waals surface area contributed by atoms with E-state index in [1.165, 1.54) is 6.42 Å². The van der Waals surface area contributed by atoms with Crippen LogP contribution in [0.3, 0.4) is 0 Å². The second kappa shape index (κ2) is 5.15. The van der Waals surface area contributed by atoms with Gasteiger partial charge in [-0.1, -0.05) is 32.0 Å². The first kappa shape index (κ1) is 12.0. The molecule has 3 atom stereocenters. The zero-order chi connectivity index (χ0) is 10.7. The third-order valence-corrected chi connectivity index (χ3v) is 3.55. The van der Waals surface area contributed by atoms with Gasteiger partial charge >= 0.3 is 0 Å². The lowest BCUT2D eigenvalue weighted by molar-refractivity contribution is 0.110. The summed E-state index contributed by atoms with van der Waals surface area (Å²) in [5, 5.41) is 2.68. The molecule has 0 aromatic carbocycles. The molecule has 1 saturated carbocycles. The van der Waals surface area contributed by atoms with Crippen molar-refractivity contribution in [2.24, 2.45) is 17.7 Å². The van der Waals surface area contributed by atoms with Crippen LogP contribution in [0.2, 0.25) is 0 Å². The molecule has 3 heteroatoms. The van der Waals surface area contributed by atoms with Gasteiger partial charge in [-0.3, -0.25) is 5.84 Å². The summed E-state index contributed by atoms with van der Waals surface area (Å²) in [7, 11) is 0. The third kappa shape index (κ3) is 2.72. The van der Waals surface area contributed by atoms with Crippen LogP contribution >= 0.6 is 11.6 Å². The maximum Gasteiger partial charge on any atom is 0.0318 e. The number of hydrazine groups is 1. The van der Waals surface area contributed by atoms with E-state index in [0.717, 1.165) is 30.3 Å². The van der Waals surface area contributed by atoms with Gasteiger partial charge in [0.2, 0.25) is 0 Å². The molecule has 0 aromatic heterocycles. The minimum absolute atomic E-state index is 0.366. The molecule has 0 saturated heterocycles. The van der Waals surface area contributed by atoms with Crippen molar-refractivity contribution in [2.45, 2.75) is 39.2 Å². The molecule has 0 amide bonds. The fourth-order valence-electron chi connectivity index (χ4n) is 2.33. The Morgan fingerprint density at radius 3 is 2.71 bits per heavy atom. The molecule has 0 bridgehead atoms. The van der Waals surface area contributed by atoms with Gasteiger partial charge < -0.3 is 0 Å². The second-order valence-electron chi connectivity index (χ2n) is 4.37. The molecule has 2 unspecified atom stereocenters. The van der Waals surface area contributed by atoms with E-state index in [9.17, 15) is 0 Å². The van der Waals surface area contributed by atoms with Crippen LogP contribution in [0.1, 0.15) is 33.1 Å². The predicted octanol–water partition coefficient (Wildman–Crippen LogP) is 2.74. The van der Waals surface area contributed by atoms with Crippen LogP contribution in [0.25, 0.3) is 0 Å². The van der Waals surface area contributed by atoms with E-state index in [0.29, 0.717) is 12.0 Å². The monoisotopic (exact) mass is 216 g/mol. The van der Waals surface area contributed by atoms with Crippen molar-refractivity contribution >= 4 is 11.6 Å². The largest absolute Gasteiger partial charge is 0.269 e. The summed E-state index contributed by atoms with van der Waals surface area (Å²) < 4.78 is 0. The summed E-state index contributed by atoms with van der Waals surface area (Å²) in [5.74, 6) is 7.07. The predicted molar refractivity (Wildman–Crippen MR) is 61.9 cm³/mol. The molecule has 1 aliphatic rings. The van der Waals surface area contributed by atoms with Gasteiger partial charge in [0, 0.05) is 23.5 Å². The number of hydrogen-bond donors (Lipinski definition) is 1. The molecule has 0 spiro atoms. The zero-order valence-corrected chi connectivity index (χ0v) is 9.93. The van der Waals surface area contributed by atoms with Crippen molar-refractivity contribution in [3.05, 3.63) is 11.6 Å². The van der Waals surface area contributed by atoms with Crippen LogP contribution in [0.15, 0.2) is 11.6 Å². The van der Waals surface area contributed by atoms with Gasteiger partial charge in [0.1, 0.15) is 0 Å². The van der Waals surface area contributed by atoms with Crippen molar-refractivity contribution in [2.75, 3.05) is 6.54 Å². The van der Waals surface area contributed by atoms with Crippen molar-refractivity contribution in [1.82, 2.24) is 5.01 Å². The Morgan fingerprint density at radius 1 is 1.57 bits per heavy atom. The van der Waals surface area contributed by atoms with E-state index in [4.69, 9.17) is 17.4 Å². The highest BCUT2D eigenvalue weighted by Crippen LogP contribution is 2.36. The Bertz CT molecular complexity index is 205.